The van der Waals surface area contributed by atoms with Gasteiger partial charge in [0, 0.05) is 28.6 Å². The largest absolute Gasteiger partial charge is 0.496 e. The second kappa shape index (κ2) is 8.63. The fraction of sp³-hybridized carbons (Fsp3) is 0.414. The van der Waals surface area contributed by atoms with Gasteiger partial charge in [0.25, 0.3) is 5.91 Å². The molecule has 5 rings (SSSR count). The van der Waals surface area contributed by atoms with E-state index in [1.165, 1.54) is 22.4 Å². The first-order valence-corrected chi connectivity index (χ1v) is 12.6. The van der Waals surface area contributed by atoms with Gasteiger partial charge >= 0.3 is 0 Å². The van der Waals surface area contributed by atoms with E-state index >= 15 is 0 Å². The molecule has 0 fully saturated rings. The Kier molecular flexibility index (Phi) is 5.87. The highest BCUT2D eigenvalue weighted by Gasteiger charge is 2.53. The Morgan fingerprint density at radius 3 is 2.74 bits per heavy atom. The first-order chi connectivity index (χ1) is 16.6. The van der Waals surface area contributed by atoms with Crippen LogP contribution in [0.5, 0.6) is 5.75 Å². The molecular weight excluding hydrogens is 458 g/mol. The summed E-state index contributed by atoms with van der Waals surface area (Å²) in [5, 5.41) is 3.68. The molecule has 6 heteroatoms. The minimum absolute atomic E-state index is 0.0754. The Morgan fingerprint density at radius 2 is 2.00 bits per heavy atom. The van der Waals surface area contributed by atoms with Crippen molar-refractivity contribution >= 4 is 17.5 Å². The second-order valence-corrected chi connectivity index (χ2v) is 11.2. The summed E-state index contributed by atoms with van der Waals surface area (Å²) in [4.78, 5) is 22.6. The zero-order chi connectivity index (χ0) is 25.0. The third kappa shape index (κ3) is 4.00. The number of ether oxygens (including phenoxy) is 1. The lowest BCUT2D eigenvalue weighted by Gasteiger charge is -2.54. The van der Waals surface area contributed by atoms with E-state index in [4.69, 9.17) is 21.3 Å². The summed E-state index contributed by atoms with van der Waals surface area (Å²) in [6, 6.07) is 11.7. The van der Waals surface area contributed by atoms with Gasteiger partial charge in [-0.15, -0.1) is 0 Å². The quantitative estimate of drug-likeness (QED) is 0.508. The number of carbonyl (C=O) groups is 1. The van der Waals surface area contributed by atoms with Crippen LogP contribution in [-0.4, -0.2) is 23.0 Å². The molecule has 5 nitrogen and oxygen atoms in total. The molecule has 0 saturated carbocycles. The van der Waals surface area contributed by atoms with Gasteiger partial charge in [-0.3, -0.25) is 4.79 Å². The fourth-order valence-corrected chi connectivity index (χ4v) is 6.77. The van der Waals surface area contributed by atoms with Crippen molar-refractivity contribution in [1.29, 1.82) is 0 Å². The Labute approximate surface area is 212 Å². The van der Waals surface area contributed by atoms with Crippen molar-refractivity contribution in [2.45, 2.75) is 64.3 Å². The van der Waals surface area contributed by atoms with Crippen LogP contribution in [0.25, 0.3) is 0 Å². The number of hydrogen-bond donors (Lipinski definition) is 1. The number of nitrogens with zero attached hydrogens (tertiary/aromatic N) is 2. The average molecular weight is 490 g/mol. The second-order valence-electron chi connectivity index (χ2n) is 10.7. The molecule has 0 bridgehead atoms. The molecule has 0 saturated heterocycles. The number of aryl methyl sites for hydroxylation is 2. The highest BCUT2D eigenvalue weighted by molar-refractivity contribution is 6.30. The number of halogens is 1. The maximum atomic E-state index is 13.2. The van der Waals surface area contributed by atoms with Crippen LogP contribution in [0.1, 0.15) is 71.3 Å². The number of fused-ring (bicyclic) bond motifs is 4. The first kappa shape index (κ1) is 23.8. The highest BCUT2D eigenvalue weighted by Crippen LogP contribution is 2.56. The molecular formula is C29H32ClN3O2. The molecule has 35 heavy (non-hydrogen) atoms. The van der Waals surface area contributed by atoms with Crippen LogP contribution in [0.4, 0.5) is 0 Å². The lowest BCUT2D eigenvalue weighted by Crippen LogP contribution is -2.52. The summed E-state index contributed by atoms with van der Waals surface area (Å²) >= 11 is 6.09. The Hall–Kier alpha value is -2.92. The monoisotopic (exact) mass is 489 g/mol. The average Bonchev–Trinajstić information content (AvgIpc) is 2.82. The molecule has 2 atom stereocenters. The molecule has 0 radical (unpaired) electrons. The van der Waals surface area contributed by atoms with Crippen LogP contribution in [0.15, 0.2) is 42.6 Å². The fourth-order valence-electron chi connectivity index (χ4n) is 6.56. The highest BCUT2D eigenvalue weighted by atomic mass is 35.5. The van der Waals surface area contributed by atoms with Crippen molar-refractivity contribution in [2.75, 3.05) is 7.11 Å². The van der Waals surface area contributed by atoms with E-state index in [9.17, 15) is 4.79 Å². The molecule has 1 heterocycles. The maximum Gasteiger partial charge on any atom is 0.255 e. The Bertz CT molecular complexity index is 1320. The predicted octanol–water partition coefficient (Wildman–Crippen LogP) is 5.73. The third-order valence-electron chi connectivity index (χ3n) is 8.12. The van der Waals surface area contributed by atoms with Gasteiger partial charge in [-0.1, -0.05) is 44.5 Å². The molecule has 0 aliphatic heterocycles. The van der Waals surface area contributed by atoms with E-state index < -0.39 is 0 Å². The molecule has 3 aromatic rings. The van der Waals surface area contributed by atoms with Gasteiger partial charge in [-0.25, -0.2) is 9.97 Å². The van der Waals surface area contributed by atoms with Crippen LogP contribution in [0, 0.1) is 12.8 Å². The summed E-state index contributed by atoms with van der Waals surface area (Å²) in [5.41, 5.74) is 6.26. The van der Waals surface area contributed by atoms with E-state index in [1.54, 1.807) is 7.11 Å². The normalized spacial score (nSPS) is 21.9. The van der Waals surface area contributed by atoms with Crippen molar-refractivity contribution < 1.29 is 9.53 Å². The summed E-state index contributed by atoms with van der Waals surface area (Å²) in [5.74, 6) is 1.72. The van der Waals surface area contributed by atoms with E-state index in [0.29, 0.717) is 28.8 Å². The zero-order valence-corrected chi connectivity index (χ0v) is 21.8. The topological polar surface area (TPSA) is 64.1 Å². The van der Waals surface area contributed by atoms with Crippen LogP contribution in [-0.2, 0) is 30.2 Å². The van der Waals surface area contributed by atoms with Crippen LogP contribution in [0.2, 0.25) is 5.02 Å². The van der Waals surface area contributed by atoms with E-state index in [1.807, 2.05) is 43.5 Å². The minimum atomic E-state index is -0.143. The summed E-state index contributed by atoms with van der Waals surface area (Å²) < 4.78 is 5.76. The van der Waals surface area contributed by atoms with E-state index in [0.717, 1.165) is 30.7 Å². The molecule has 1 aromatic heterocycles. The lowest BCUT2D eigenvalue weighted by atomic mass is 9.50. The number of carbonyl (C=O) groups excluding carboxylic acids is 1. The Balaban J connectivity index is 1.50. The molecule has 1 N–H and O–H groups in total. The van der Waals surface area contributed by atoms with Gasteiger partial charge in [0.15, 0.2) is 0 Å². The van der Waals surface area contributed by atoms with E-state index in [-0.39, 0.29) is 16.7 Å². The van der Waals surface area contributed by atoms with Gasteiger partial charge in [0.1, 0.15) is 11.6 Å². The van der Waals surface area contributed by atoms with Crippen molar-refractivity contribution in [2.24, 2.45) is 5.92 Å². The number of nitrogens with one attached hydrogen (secondary N) is 1. The van der Waals surface area contributed by atoms with Gasteiger partial charge in [-0.05, 0) is 78.6 Å². The lowest BCUT2D eigenvalue weighted by molar-refractivity contribution is 0.0946. The Morgan fingerprint density at radius 1 is 1.20 bits per heavy atom. The van der Waals surface area contributed by atoms with Crippen LogP contribution in [0.3, 0.4) is 0 Å². The summed E-state index contributed by atoms with van der Waals surface area (Å²) in [6.45, 7) is 9.37. The zero-order valence-electron chi connectivity index (χ0n) is 21.0. The summed E-state index contributed by atoms with van der Waals surface area (Å²) in [6.07, 6.45) is 4.86. The van der Waals surface area contributed by atoms with Gasteiger partial charge in [0.2, 0.25) is 0 Å². The number of benzene rings is 2. The number of methoxy groups -OCH3 is 1. The molecule has 2 aromatic carbocycles. The van der Waals surface area contributed by atoms with E-state index in [2.05, 4.69) is 37.1 Å². The van der Waals surface area contributed by atoms with Crippen LogP contribution >= 0.6 is 11.6 Å². The molecule has 1 amide bonds. The number of rotatable bonds is 4. The third-order valence-corrected chi connectivity index (χ3v) is 8.36. The molecule has 2 aliphatic rings. The van der Waals surface area contributed by atoms with Crippen molar-refractivity contribution in [3.05, 3.63) is 87.0 Å². The molecule has 1 unspecified atom stereocenters. The molecule has 182 valence electrons. The van der Waals surface area contributed by atoms with Gasteiger partial charge < -0.3 is 10.1 Å². The molecule has 2 aliphatic carbocycles. The maximum absolute atomic E-state index is 13.2. The van der Waals surface area contributed by atoms with Crippen molar-refractivity contribution in [3.63, 3.8) is 0 Å². The predicted molar refractivity (Wildman–Crippen MR) is 138 cm³/mol. The van der Waals surface area contributed by atoms with Gasteiger partial charge in [-0.2, -0.15) is 0 Å². The standard InChI is InChI=1S/C29H32ClN3O2/c1-17-31-16-20-14-29(4)23-13-24(35-5)22(27(34)32-15-18-7-6-8-21(30)11-18)12-19(23)9-10-25(29)28(2,3)26(20)33-17/h6-8,11-13,16,25H,9-10,14-15H2,1-5H3,(H,32,34)/t25?,29-/m1/s1. The SMILES string of the molecule is COc1cc2c(cc1C(=O)NCc1cccc(Cl)c1)CCC1C(C)(C)c3nc(C)ncc3C[C@]21C. The smallest absolute Gasteiger partial charge is 0.255 e. The number of hydrogen-bond acceptors (Lipinski definition) is 4. The van der Waals surface area contributed by atoms with Crippen molar-refractivity contribution in [3.8, 4) is 5.75 Å². The van der Waals surface area contributed by atoms with Crippen LogP contribution < -0.4 is 10.1 Å². The first-order valence-electron chi connectivity index (χ1n) is 12.2. The van der Waals surface area contributed by atoms with Crippen molar-refractivity contribution in [1.82, 2.24) is 15.3 Å². The minimum Gasteiger partial charge on any atom is -0.496 e. The molecule has 0 spiro atoms. The number of amides is 1. The van der Waals surface area contributed by atoms with Gasteiger partial charge in [0.05, 0.1) is 18.4 Å². The number of aromatic nitrogens is 2. The summed E-state index contributed by atoms with van der Waals surface area (Å²) in [7, 11) is 1.63.